The number of thiazole rings is 1. The molecule has 1 amide bonds. The lowest BCUT2D eigenvalue weighted by Gasteiger charge is -2.34. The van der Waals surface area contributed by atoms with Gasteiger partial charge in [0, 0.05) is 42.8 Å². The van der Waals surface area contributed by atoms with E-state index >= 15 is 0 Å². The fourth-order valence-corrected chi connectivity index (χ4v) is 6.08. The first-order chi connectivity index (χ1) is 16.6. The Balaban J connectivity index is 1.61. The van der Waals surface area contributed by atoms with E-state index in [1.54, 1.807) is 17.0 Å². The standard InChI is InChI=1S/C25H26N4O4S2/c1-15-13-29(14-16(2)33-15)25(30)24-27-22(19-6-9-21-18(12-19)10-11-28(21)3)23(34-24)17-4-7-20(8-5-17)35(26,31)32/h4-12,15-16H,13-14H2,1-3H3,(H2,26,31,32)/t15-,16+. The molecule has 0 aliphatic carbocycles. The molecule has 2 aromatic heterocycles. The van der Waals surface area contributed by atoms with Gasteiger partial charge in [0.25, 0.3) is 5.91 Å². The average molecular weight is 511 g/mol. The molecule has 2 N–H and O–H groups in total. The number of morpholine rings is 1. The van der Waals surface area contributed by atoms with Gasteiger partial charge in [-0.25, -0.2) is 18.5 Å². The van der Waals surface area contributed by atoms with Gasteiger partial charge < -0.3 is 14.2 Å². The first kappa shape index (κ1) is 23.7. The highest BCUT2D eigenvalue weighted by Crippen LogP contribution is 2.39. The number of aryl methyl sites for hydroxylation is 1. The number of fused-ring (bicyclic) bond motifs is 1. The van der Waals surface area contributed by atoms with Crippen molar-refractivity contribution < 1.29 is 17.9 Å². The minimum atomic E-state index is -3.81. The Kier molecular flexibility index (Phi) is 6.00. The maximum atomic E-state index is 13.4. The zero-order chi connectivity index (χ0) is 24.9. The van der Waals surface area contributed by atoms with Gasteiger partial charge in [0.15, 0.2) is 5.01 Å². The number of carbonyl (C=O) groups is 1. The molecule has 1 fully saturated rings. The molecule has 5 rings (SSSR count). The molecule has 10 heteroatoms. The van der Waals surface area contributed by atoms with Crippen molar-refractivity contribution >= 4 is 38.2 Å². The molecule has 0 bridgehead atoms. The minimum Gasteiger partial charge on any atom is -0.372 e. The molecule has 2 atom stereocenters. The summed E-state index contributed by atoms with van der Waals surface area (Å²) in [7, 11) is -1.82. The highest BCUT2D eigenvalue weighted by molar-refractivity contribution is 7.89. The smallest absolute Gasteiger partial charge is 0.283 e. The van der Waals surface area contributed by atoms with E-state index in [2.05, 4.69) is 6.07 Å². The summed E-state index contributed by atoms with van der Waals surface area (Å²) in [6.07, 6.45) is 1.90. The second-order valence-corrected chi connectivity index (χ2v) is 11.5. The van der Waals surface area contributed by atoms with Gasteiger partial charge in [-0.15, -0.1) is 11.3 Å². The fourth-order valence-electron chi connectivity index (χ4n) is 4.51. The normalized spacial score (nSPS) is 18.8. The van der Waals surface area contributed by atoms with Crippen molar-refractivity contribution in [3.05, 3.63) is 59.7 Å². The molecule has 1 saturated heterocycles. The Morgan fingerprint density at radius 2 is 1.71 bits per heavy atom. The van der Waals surface area contributed by atoms with Crippen LogP contribution in [-0.4, -0.2) is 54.1 Å². The summed E-state index contributed by atoms with van der Waals surface area (Å²) in [5.74, 6) is -0.133. The van der Waals surface area contributed by atoms with Gasteiger partial charge >= 0.3 is 0 Å². The van der Waals surface area contributed by atoms with E-state index in [-0.39, 0.29) is 23.0 Å². The minimum absolute atomic E-state index is 0.0330. The van der Waals surface area contributed by atoms with Crippen molar-refractivity contribution in [2.75, 3.05) is 13.1 Å². The highest BCUT2D eigenvalue weighted by Gasteiger charge is 2.29. The summed E-state index contributed by atoms with van der Waals surface area (Å²) in [6.45, 7) is 4.92. The summed E-state index contributed by atoms with van der Waals surface area (Å²) in [5.41, 5.74) is 3.42. The third kappa shape index (κ3) is 4.62. The van der Waals surface area contributed by atoms with Gasteiger partial charge in [-0.3, -0.25) is 4.79 Å². The van der Waals surface area contributed by atoms with Crippen molar-refractivity contribution in [3.8, 4) is 21.7 Å². The van der Waals surface area contributed by atoms with Crippen LogP contribution in [0.1, 0.15) is 23.6 Å². The molecular formula is C25H26N4O4S2. The molecule has 0 radical (unpaired) electrons. The van der Waals surface area contributed by atoms with Crippen molar-refractivity contribution in [3.63, 3.8) is 0 Å². The number of nitrogens with zero attached hydrogens (tertiary/aromatic N) is 3. The van der Waals surface area contributed by atoms with Crippen LogP contribution in [0.4, 0.5) is 0 Å². The molecule has 0 unspecified atom stereocenters. The number of benzene rings is 2. The number of hydrogen-bond donors (Lipinski definition) is 1. The van der Waals surface area contributed by atoms with Crippen molar-refractivity contribution in [2.24, 2.45) is 12.2 Å². The summed E-state index contributed by atoms with van der Waals surface area (Å²) in [4.78, 5) is 20.9. The van der Waals surface area contributed by atoms with E-state index < -0.39 is 10.0 Å². The average Bonchev–Trinajstić information content (AvgIpc) is 3.41. The lowest BCUT2D eigenvalue weighted by molar-refractivity contribution is -0.0586. The van der Waals surface area contributed by atoms with E-state index in [1.807, 2.05) is 49.9 Å². The van der Waals surface area contributed by atoms with Gasteiger partial charge in [-0.2, -0.15) is 0 Å². The Morgan fingerprint density at radius 3 is 2.37 bits per heavy atom. The van der Waals surface area contributed by atoms with Crippen molar-refractivity contribution in [1.82, 2.24) is 14.5 Å². The maximum Gasteiger partial charge on any atom is 0.283 e. The van der Waals surface area contributed by atoms with E-state index in [4.69, 9.17) is 14.9 Å². The van der Waals surface area contributed by atoms with E-state index in [1.165, 1.54) is 23.5 Å². The first-order valence-corrected chi connectivity index (χ1v) is 13.6. The Morgan fingerprint density at radius 1 is 1.06 bits per heavy atom. The monoisotopic (exact) mass is 510 g/mol. The molecule has 3 heterocycles. The molecule has 8 nitrogen and oxygen atoms in total. The Labute approximate surface area is 208 Å². The second kappa shape index (κ2) is 8.87. The predicted octanol–water partition coefficient (Wildman–Crippen LogP) is 3.87. The molecule has 182 valence electrons. The zero-order valence-electron chi connectivity index (χ0n) is 19.6. The van der Waals surface area contributed by atoms with Gasteiger partial charge in [-0.05, 0) is 49.7 Å². The van der Waals surface area contributed by atoms with Crippen molar-refractivity contribution in [2.45, 2.75) is 31.0 Å². The van der Waals surface area contributed by atoms with Gasteiger partial charge in [0.05, 0.1) is 27.7 Å². The number of hydrogen-bond acceptors (Lipinski definition) is 6. The number of aromatic nitrogens is 2. The summed E-state index contributed by atoms with van der Waals surface area (Å²) < 4.78 is 31.3. The van der Waals surface area contributed by atoms with Crippen LogP contribution >= 0.6 is 11.3 Å². The van der Waals surface area contributed by atoms with Crippen LogP contribution in [-0.2, 0) is 21.8 Å². The Bertz CT molecular complexity index is 1510. The second-order valence-electron chi connectivity index (χ2n) is 8.93. The van der Waals surface area contributed by atoms with E-state index in [0.29, 0.717) is 23.8 Å². The summed E-state index contributed by atoms with van der Waals surface area (Å²) in [6, 6.07) is 14.5. The number of sulfonamides is 1. The van der Waals surface area contributed by atoms with Crippen LogP contribution in [0.2, 0.25) is 0 Å². The topological polar surface area (TPSA) is 108 Å². The molecule has 1 aliphatic heterocycles. The van der Waals surface area contributed by atoms with Crippen LogP contribution in [0, 0.1) is 0 Å². The molecule has 0 saturated carbocycles. The number of primary sulfonamides is 1. The molecule has 1 aliphatic rings. The summed E-state index contributed by atoms with van der Waals surface area (Å²) >= 11 is 1.31. The number of amides is 1. The van der Waals surface area contributed by atoms with Crippen LogP contribution < -0.4 is 5.14 Å². The number of rotatable bonds is 4. The Hall–Kier alpha value is -3.05. The lowest BCUT2D eigenvalue weighted by atomic mass is 10.1. The molecule has 4 aromatic rings. The number of nitrogens with two attached hydrogens (primary N) is 1. The molecular weight excluding hydrogens is 484 g/mol. The number of ether oxygens (including phenoxy) is 1. The third-order valence-electron chi connectivity index (χ3n) is 6.12. The highest BCUT2D eigenvalue weighted by atomic mass is 32.2. The van der Waals surface area contributed by atoms with Gasteiger partial charge in [0.2, 0.25) is 10.0 Å². The first-order valence-electron chi connectivity index (χ1n) is 11.2. The van der Waals surface area contributed by atoms with Crippen LogP contribution in [0.25, 0.3) is 32.6 Å². The molecule has 0 spiro atoms. The van der Waals surface area contributed by atoms with Crippen LogP contribution in [0.15, 0.2) is 59.6 Å². The van der Waals surface area contributed by atoms with E-state index in [0.717, 1.165) is 26.9 Å². The molecule has 35 heavy (non-hydrogen) atoms. The quantitative estimate of drug-likeness (QED) is 0.449. The molecule has 2 aromatic carbocycles. The predicted molar refractivity (Wildman–Crippen MR) is 137 cm³/mol. The SMILES string of the molecule is C[C@@H]1CN(C(=O)c2nc(-c3ccc4c(ccn4C)c3)c(-c3ccc(S(N)(=O)=O)cc3)s2)C[C@H](C)O1. The van der Waals surface area contributed by atoms with Gasteiger partial charge in [-0.1, -0.05) is 18.2 Å². The fraction of sp³-hybridized carbons (Fsp3) is 0.280. The maximum absolute atomic E-state index is 13.4. The van der Waals surface area contributed by atoms with Crippen LogP contribution in [0.3, 0.4) is 0 Å². The largest absolute Gasteiger partial charge is 0.372 e. The van der Waals surface area contributed by atoms with Crippen molar-refractivity contribution in [1.29, 1.82) is 0 Å². The summed E-state index contributed by atoms with van der Waals surface area (Å²) in [5, 5.41) is 6.73. The zero-order valence-corrected chi connectivity index (χ0v) is 21.3. The number of carbonyl (C=O) groups excluding carboxylic acids is 1. The lowest BCUT2D eigenvalue weighted by Crippen LogP contribution is -2.48. The third-order valence-corrected chi connectivity index (χ3v) is 8.14. The van der Waals surface area contributed by atoms with Crippen LogP contribution in [0.5, 0.6) is 0 Å². The van der Waals surface area contributed by atoms with Gasteiger partial charge in [0.1, 0.15) is 0 Å². The van der Waals surface area contributed by atoms with E-state index in [9.17, 15) is 13.2 Å².